The first-order chi connectivity index (χ1) is 9.13. The van der Waals surface area contributed by atoms with Gasteiger partial charge in [-0.05, 0) is 18.2 Å². The fourth-order valence-electron chi connectivity index (χ4n) is 1.84. The van der Waals surface area contributed by atoms with Gasteiger partial charge in [-0.2, -0.15) is 0 Å². The van der Waals surface area contributed by atoms with E-state index in [0.29, 0.717) is 5.56 Å². The molecule has 5 nitrogen and oxygen atoms in total. The standard InChI is InChI=1S/C14H12N2O3/c1-2-4-12(14(18)19)16-13(17)10-5-3-6-11-9(10)7-8-15-11/h1,3,5-8,12,15H,4H2,(H,16,17)(H,18,19). The highest BCUT2D eigenvalue weighted by atomic mass is 16.4. The van der Waals surface area contributed by atoms with Crippen LogP contribution >= 0.6 is 0 Å². The van der Waals surface area contributed by atoms with Crippen LogP contribution in [0, 0.1) is 12.3 Å². The molecule has 0 aliphatic heterocycles. The predicted molar refractivity (Wildman–Crippen MR) is 70.6 cm³/mol. The van der Waals surface area contributed by atoms with E-state index in [1.165, 1.54) is 0 Å². The molecule has 2 aromatic rings. The lowest BCUT2D eigenvalue weighted by molar-refractivity contribution is -0.139. The highest BCUT2D eigenvalue weighted by Crippen LogP contribution is 2.17. The van der Waals surface area contributed by atoms with Gasteiger partial charge in [0.05, 0.1) is 0 Å². The molecule has 19 heavy (non-hydrogen) atoms. The third-order valence-corrected chi connectivity index (χ3v) is 2.76. The van der Waals surface area contributed by atoms with E-state index >= 15 is 0 Å². The van der Waals surface area contributed by atoms with Crippen LogP contribution in [0.15, 0.2) is 30.5 Å². The van der Waals surface area contributed by atoms with Crippen LogP contribution in [0.2, 0.25) is 0 Å². The van der Waals surface area contributed by atoms with Crippen molar-refractivity contribution in [1.82, 2.24) is 10.3 Å². The zero-order valence-electron chi connectivity index (χ0n) is 10.0. The van der Waals surface area contributed by atoms with Gasteiger partial charge in [-0.15, -0.1) is 12.3 Å². The molecule has 1 aromatic heterocycles. The van der Waals surface area contributed by atoms with E-state index in [4.69, 9.17) is 11.5 Å². The van der Waals surface area contributed by atoms with Crippen molar-refractivity contribution in [2.24, 2.45) is 0 Å². The zero-order valence-corrected chi connectivity index (χ0v) is 10.0. The number of carboxylic acid groups (broad SMARTS) is 1. The third-order valence-electron chi connectivity index (χ3n) is 2.76. The van der Waals surface area contributed by atoms with Crippen LogP contribution in [0.25, 0.3) is 10.9 Å². The summed E-state index contributed by atoms with van der Waals surface area (Å²) in [6, 6.07) is 5.89. The molecule has 0 radical (unpaired) electrons. The molecule has 3 N–H and O–H groups in total. The van der Waals surface area contributed by atoms with Gasteiger partial charge in [0.2, 0.25) is 0 Å². The third kappa shape index (κ3) is 2.58. The largest absolute Gasteiger partial charge is 0.480 e. The van der Waals surface area contributed by atoms with E-state index in [1.54, 1.807) is 24.4 Å². The summed E-state index contributed by atoms with van der Waals surface area (Å²) in [7, 11) is 0. The lowest BCUT2D eigenvalue weighted by Gasteiger charge is -2.12. The highest BCUT2D eigenvalue weighted by Gasteiger charge is 2.20. The molecule has 0 aliphatic rings. The molecule has 2 rings (SSSR count). The first-order valence-corrected chi connectivity index (χ1v) is 5.66. The Labute approximate surface area is 109 Å². The Bertz CT molecular complexity index is 667. The maximum absolute atomic E-state index is 12.1. The molecule has 96 valence electrons. The molecular formula is C14H12N2O3. The Hall–Kier alpha value is -2.74. The Morgan fingerprint density at radius 1 is 1.42 bits per heavy atom. The summed E-state index contributed by atoms with van der Waals surface area (Å²) in [6.07, 6.45) is 6.75. The number of fused-ring (bicyclic) bond motifs is 1. The van der Waals surface area contributed by atoms with Gasteiger partial charge in [0, 0.05) is 29.1 Å². The van der Waals surface area contributed by atoms with Crippen molar-refractivity contribution in [1.29, 1.82) is 0 Å². The molecule has 0 fully saturated rings. The Morgan fingerprint density at radius 2 is 2.21 bits per heavy atom. The summed E-state index contributed by atoms with van der Waals surface area (Å²) in [5.74, 6) is 0.640. The van der Waals surface area contributed by atoms with Gasteiger partial charge in [-0.3, -0.25) is 4.79 Å². The Kier molecular flexibility index (Phi) is 3.53. The minimum atomic E-state index is -1.15. The van der Waals surface area contributed by atoms with E-state index in [0.717, 1.165) is 10.9 Å². The maximum Gasteiger partial charge on any atom is 0.327 e. The molecule has 0 bridgehead atoms. The number of aliphatic carboxylic acids is 1. The van der Waals surface area contributed by atoms with Gasteiger partial charge in [0.1, 0.15) is 6.04 Å². The number of nitrogens with one attached hydrogen (secondary N) is 2. The number of benzene rings is 1. The van der Waals surface area contributed by atoms with Crippen molar-refractivity contribution in [3.63, 3.8) is 0 Å². The summed E-state index contributed by atoms with van der Waals surface area (Å²) in [5.41, 5.74) is 1.23. The molecule has 1 amide bonds. The average molecular weight is 256 g/mol. The van der Waals surface area contributed by atoms with E-state index in [2.05, 4.69) is 16.2 Å². The fourth-order valence-corrected chi connectivity index (χ4v) is 1.84. The first-order valence-electron chi connectivity index (χ1n) is 5.66. The van der Waals surface area contributed by atoms with Gasteiger partial charge < -0.3 is 15.4 Å². The van der Waals surface area contributed by atoms with Crippen LogP contribution in [0.5, 0.6) is 0 Å². The lowest BCUT2D eigenvalue weighted by Crippen LogP contribution is -2.40. The second kappa shape index (κ2) is 5.27. The van der Waals surface area contributed by atoms with Crippen molar-refractivity contribution < 1.29 is 14.7 Å². The van der Waals surface area contributed by atoms with Crippen LogP contribution in [0.4, 0.5) is 0 Å². The number of aromatic nitrogens is 1. The highest BCUT2D eigenvalue weighted by molar-refractivity contribution is 6.07. The van der Waals surface area contributed by atoms with Crippen LogP contribution in [0.3, 0.4) is 0 Å². The SMILES string of the molecule is C#CCC(NC(=O)c1cccc2[nH]ccc12)C(=O)O. The number of hydrogen-bond acceptors (Lipinski definition) is 2. The summed E-state index contributed by atoms with van der Waals surface area (Å²) in [6.45, 7) is 0. The number of carboxylic acids is 1. The number of amides is 1. The molecule has 1 unspecified atom stereocenters. The summed E-state index contributed by atoms with van der Waals surface area (Å²) < 4.78 is 0. The molecule has 0 saturated carbocycles. The van der Waals surface area contributed by atoms with Crippen molar-refractivity contribution in [3.8, 4) is 12.3 Å². The zero-order chi connectivity index (χ0) is 13.8. The first kappa shape index (κ1) is 12.7. The van der Waals surface area contributed by atoms with Gasteiger partial charge in [0.25, 0.3) is 5.91 Å². The number of carbonyl (C=O) groups excluding carboxylic acids is 1. The number of aromatic amines is 1. The molecule has 1 heterocycles. The molecule has 0 spiro atoms. The maximum atomic E-state index is 12.1. The molecule has 1 aromatic carbocycles. The summed E-state index contributed by atoms with van der Waals surface area (Å²) in [4.78, 5) is 26.0. The van der Waals surface area contributed by atoms with E-state index < -0.39 is 17.9 Å². The van der Waals surface area contributed by atoms with Crippen molar-refractivity contribution in [2.75, 3.05) is 0 Å². The molecular weight excluding hydrogens is 244 g/mol. The monoisotopic (exact) mass is 256 g/mol. The molecule has 0 saturated heterocycles. The fraction of sp³-hybridized carbons (Fsp3) is 0.143. The normalized spacial score (nSPS) is 11.7. The molecule has 0 aliphatic carbocycles. The minimum absolute atomic E-state index is 0.0514. The minimum Gasteiger partial charge on any atom is -0.480 e. The van der Waals surface area contributed by atoms with Gasteiger partial charge in [-0.25, -0.2) is 4.79 Å². The Balaban J connectivity index is 2.27. The van der Waals surface area contributed by atoms with Crippen LogP contribution in [0.1, 0.15) is 16.8 Å². The second-order valence-corrected chi connectivity index (χ2v) is 4.02. The number of rotatable bonds is 4. The number of H-pyrrole nitrogens is 1. The van der Waals surface area contributed by atoms with Gasteiger partial charge >= 0.3 is 5.97 Å². The van der Waals surface area contributed by atoms with Crippen LogP contribution in [-0.2, 0) is 4.79 Å². The quantitative estimate of drug-likeness (QED) is 0.723. The average Bonchev–Trinajstić information content (AvgIpc) is 2.85. The number of hydrogen-bond donors (Lipinski definition) is 3. The van der Waals surface area contributed by atoms with Crippen LogP contribution < -0.4 is 5.32 Å². The van der Waals surface area contributed by atoms with Gasteiger partial charge in [0.15, 0.2) is 0 Å². The Morgan fingerprint density at radius 3 is 2.89 bits per heavy atom. The van der Waals surface area contributed by atoms with Crippen LogP contribution in [-0.4, -0.2) is 28.0 Å². The van der Waals surface area contributed by atoms with Crippen molar-refractivity contribution >= 4 is 22.8 Å². The number of terminal acetylenes is 1. The predicted octanol–water partition coefficient (Wildman–Crippen LogP) is 1.37. The number of carbonyl (C=O) groups is 2. The summed E-state index contributed by atoms with van der Waals surface area (Å²) >= 11 is 0. The van der Waals surface area contributed by atoms with Gasteiger partial charge in [-0.1, -0.05) is 6.07 Å². The van der Waals surface area contributed by atoms with Crippen molar-refractivity contribution in [2.45, 2.75) is 12.5 Å². The molecule has 1 atom stereocenters. The van der Waals surface area contributed by atoms with E-state index in [1.807, 2.05) is 6.07 Å². The summed E-state index contributed by atoms with van der Waals surface area (Å²) in [5, 5.41) is 12.1. The molecule has 5 heteroatoms. The van der Waals surface area contributed by atoms with E-state index in [-0.39, 0.29) is 6.42 Å². The topological polar surface area (TPSA) is 82.2 Å². The lowest BCUT2D eigenvalue weighted by atomic mass is 10.1. The van der Waals surface area contributed by atoms with Crippen molar-refractivity contribution in [3.05, 3.63) is 36.0 Å². The van der Waals surface area contributed by atoms with E-state index in [9.17, 15) is 9.59 Å². The smallest absolute Gasteiger partial charge is 0.327 e. The second-order valence-electron chi connectivity index (χ2n) is 4.02.